The lowest BCUT2D eigenvalue weighted by molar-refractivity contribution is 0.587. The molecule has 0 radical (unpaired) electrons. The third-order valence-electron chi connectivity index (χ3n) is 2.65. The van der Waals surface area contributed by atoms with Gasteiger partial charge in [-0.15, -0.1) is 0 Å². The van der Waals surface area contributed by atoms with Gasteiger partial charge >= 0.3 is 0 Å². The van der Waals surface area contributed by atoms with Crippen molar-refractivity contribution in [2.75, 3.05) is 17.7 Å². The number of anilines is 2. The van der Waals surface area contributed by atoms with Gasteiger partial charge in [0, 0.05) is 24.8 Å². The number of nitrogens with zero attached hydrogens (tertiary/aromatic N) is 2. The lowest BCUT2D eigenvalue weighted by atomic mass is 10.1. The van der Waals surface area contributed by atoms with Crippen LogP contribution in [0.3, 0.4) is 0 Å². The number of halogens is 1. The molecule has 2 N–H and O–H groups in total. The first-order chi connectivity index (χ1) is 7.08. The van der Waals surface area contributed by atoms with Crippen molar-refractivity contribution >= 4 is 23.1 Å². The first-order valence-corrected chi connectivity index (χ1v) is 5.62. The Balaban J connectivity index is 2.94. The van der Waals surface area contributed by atoms with Crippen molar-refractivity contribution in [3.8, 4) is 0 Å². The van der Waals surface area contributed by atoms with Gasteiger partial charge in [-0.2, -0.15) is 0 Å². The molecule has 4 heteroatoms. The van der Waals surface area contributed by atoms with Crippen LogP contribution in [0.2, 0.25) is 5.15 Å². The molecule has 84 valence electrons. The predicted molar refractivity (Wildman–Crippen MR) is 66.4 cm³/mol. The van der Waals surface area contributed by atoms with Crippen LogP contribution in [0.25, 0.3) is 0 Å². The molecule has 0 aliphatic carbocycles. The lowest BCUT2D eigenvalue weighted by Gasteiger charge is -2.27. The molecule has 1 rings (SSSR count). The van der Waals surface area contributed by atoms with Gasteiger partial charge in [0.05, 0.1) is 0 Å². The minimum Gasteiger partial charge on any atom is -0.399 e. The molecule has 0 bridgehead atoms. The Bertz CT molecular complexity index is 303. The molecule has 1 heterocycles. The molecule has 0 aliphatic heterocycles. The van der Waals surface area contributed by atoms with Gasteiger partial charge in [0.25, 0.3) is 0 Å². The summed E-state index contributed by atoms with van der Waals surface area (Å²) >= 11 is 5.87. The molecule has 15 heavy (non-hydrogen) atoms. The van der Waals surface area contributed by atoms with E-state index < -0.39 is 0 Å². The number of rotatable bonds is 4. The quantitative estimate of drug-likeness (QED) is 0.805. The first kappa shape index (κ1) is 12.1. The summed E-state index contributed by atoms with van der Waals surface area (Å²) in [5.74, 6) is 0.841. The van der Waals surface area contributed by atoms with Gasteiger partial charge in [-0.25, -0.2) is 4.98 Å². The molecule has 3 nitrogen and oxygen atoms in total. The van der Waals surface area contributed by atoms with E-state index in [-0.39, 0.29) is 0 Å². The van der Waals surface area contributed by atoms with Crippen molar-refractivity contribution < 1.29 is 0 Å². The maximum Gasteiger partial charge on any atom is 0.133 e. The highest BCUT2D eigenvalue weighted by molar-refractivity contribution is 6.29. The minimum absolute atomic E-state index is 0.447. The van der Waals surface area contributed by atoms with Crippen LogP contribution in [-0.2, 0) is 0 Å². The van der Waals surface area contributed by atoms with E-state index in [1.54, 1.807) is 6.07 Å². The van der Waals surface area contributed by atoms with Crippen molar-refractivity contribution in [1.82, 2.24) is 4.98 Å². The Labute approximate surface area is 96.2 Å². The Kier molecular flexibility index (Phi) is 4.21. The van der Waals surface area contributed by atoms with Crippen LogP contribution in [0, 0.1) is 0 Å². The normalized spacial score (nSPS) is 10.7. The van der Waals surface area contributed by atoms with Gasteiger partial charge in [-0.3, -0.25) is 0 Å². The van der Waals surface area contributed by atoms with Crippen LogP contribution in [-0.4, -0.2) is 18.1 Å². The molecule has 0 aliphatic rings. The van der Waals surface area contributed by atoms with E-state index in [2.05, 4.69) is 23.7 Å². The summed E-state index contributed by atoms with van der Waals surface area (Å²) in [6.45, 7) is 4.33. The fourth-order valence-corrected chi connectivity index (χ4v) is 1.92. The molecule has 0 amide bonds. The van der Waals surface area contributed by atoms with Crippen LogP contribution in [0.1, 0.15) is 26.7 Å². The van der Waals surface area contributed by atoms with Crippen molar-refractivity contribution in [2.45, 2.75) is 32.7 Å². The Morgan fingerprint density at radius 2 is 2.00 bits per heavy atom. The van der Waals surface area contributed by atoms with Gasteiger partial charge in [0.15, 0.2) is 0 Å². The molecule has 0 saturated carbocycles. The Morgan fingerprint density at radius 1 is 1.40 bits per heavy atom. The first-order valence-electron chi connectivity index (χ1n) is 5.24. The Morgan fingerprint density at radius 3 is 2.47 bits per heavy atom. The summed E-state index contributed by atoms with van der Waals surface area (Å²) in [5.41, 5.74) is 6.38. The Hall–Kier alpha value is -0.960. The van der Waals surface area contributed by atoms with E-state index in [4.69, 9.17) is 17.3 Å². The molecule has 0 saturated heterocycles. The van der Waals surface area contributed by atoms with Crippen LogP contribution < -0.4 is 10.6 Å². The van der Waals surface area contributed by atoms with Gasteiger partial charge in [-0.1, -0.05) is 25.4 Å². The van der Waals surface area contributed by atoms with E-state index in [1.165, 1.54) is 0 Å². The maximum atomic E-state index is 5.87. The molecule has 0 aromatic carbocycles. The van der Waals surface area contributed by atoms with E-state index >= 15 is 0 Å². The fourth-order valence-electron chi connectivity index (χ4n) is 1.71. The third kappa shape index (κ3) is 2.99. The monoisotopic (exact) mass is 227 g/mol. The summed E-state index contributed by atoms with van der Waals surface area (Å²) in [4.78, 5) is 6.39. The largest absolute Gasteiger partial charge is 0.399 e. The average molecular weight is 228 g/mol. The number of aromatic nitrogens is 1. The standard InChI is InChI=1S/C11H18ClN3/c1-4-9(5-2)15(3)11-7-8(13)6-10(12)14-11/h6-7,9H,4-5H2,1-3H3,(H2,13,14). The zero-order valence-corrected chi connectivity index (χ0v) is 10.3. The van der Waals surface area contributed by atoms with Crippen LogP contribution in [0.5, 0.6) is 0 Å². The van der Waals surface area contributed by atoms with E-state index in [9.17, 15) is 0 Å². The maximum absolute atomic E-state index is 5.87. The zero-order chi connectivity index (χ0) is 11.4. The zero-order valence-electron chi connectivity index (χ0n) is 9.50. The number of pyridine rings is 1. The predicted octanol–water partition coefficient (Wildman–Crippen LogP) is 2.94. The van der Waals surface area contributed by atoms with E-state index in [1.807, 2.05) is 13.1 Å². The lowest BCUT2D eigenvalue weighted by Crippen LogP contribution is -2.31. The summed E-state index contributed by atoms with van der Waals surface area (Å²) < 4.78 is 0. The van der Waals surface area contributed by atoms with Crippen molar-refractivity contribution in [1.29, 1.82) is 0 Å². The molecule has 0 atom stereocenters. The van der Waals surface area contributed by atoms with Crippen molar-refractivity contribution in [3.05, 3.63) is 17.3 Å². The summed E-state index contributed by atoms with van der Waals surface area (Å²) in [6.07, 6.45) is 2.17. The number of nitrogens with two attached hydrogens (primary N) is 1. The SMILES string of the molecule is CCC(CC)N(C)c1cc(N)cc(Cl)n1. The molecule has 1 aromatic heterocycles. The molecule has 0 fully saturated rings. The smallest absolute Gasteiger partial charge is 0.133 e. The highest BCUT2D eigenvalue weighted by atomic mass is 35.5. The second-order valence-corrected chi connectivity index (χ2v) is 4.05. The number of hydrogen-bond acceptors (Lipinski definition) is 3. The van der Waals surface area contributed by atoms with Crippen LogP contribution in [0.15, 0.2) is 12.1 Å². The molecule has 0 unspecified atom stereocenters. The minimum atomic E-state index is 0.447. The molecule has 1 aromatic rings. The van der Waals surface area contributed by atoms with Gasteiger partial charge in [0.2, 0.25) is 0 Å². The van der Waals surface area contributed by atoms with Crippen molar-refractivity contribution in [3.63, 3.8) is 0 Å². The van der Waals surface area contributed by atoms with Crippen molar-refractivity contribution in [2.24, 2.45) is 0 Å². The topological polar surface area (TPSA) is 42.1 Å². The number of nitrogen functional groups attached to an aromatic ring is 1. The van der Waals surface area contributed by atoms with Gasteiger partial charge in [0.1, 0.15) is 11.0 Å². The van der Waals surface area contributed by atoms with Gasteiger partial charge in [-0.05, 0) is 18.9 Å². The van der Waals surface area contributed by atoms with Crippen LogP contribution in [0.4, 0.5) is 11.5 Å². The van der Waals surface area contributed by atoms with E-state index in [0.29, 0.717) is 16.9 Å². The third-order valence-corrected chi connectivity index (χ3v) is 2.85. The summed E-state index contributed by atoms with van der Waals surface area (Å²) in [5, 5.41) is 0.447. The van der Waals surface area contributed by atoms with Gasteiger partial charge < -0.3 is 10.6 Å². The fraction of sp³-hybridized carbons (Fsp3) is 0.545. The summed E-state index contributed by atoms with van der Waals surface area (Å²) in [6, 6.07) is 3.99. The molecular weight excluding hydrogens is 210 g/mol. The summed E-state index contributed by atoms with van der Waals surface area (Å²) in [7, 11) is 2.02. The average Bonchev–Trinajstić information content (AvgIpc) is 2.18. The molecule has 0 spiro atoms. The number of hydrogen-bond donors (Lipinski definition) is 1. The van der Waals surface area contributed by atoms with Crippen LogP contribution >= 0.6 is 11.6 Å². The highest BCUT2D eigenvalue weighted by Crippen LogP contribution is 2.21. The molecular formula is C11H18ClN3. The second-order valence-electron chi connectivity index (χ2n) is 3.66. The highest BCUT2D eigenvalue weighted by Gasteiger charge is 2.13. The van der Waals surface area contributed by atoms with E-state index in [0.717, 1.165) is 18.7 Å². The second kappa shape index (κ2) is 5.21.